The number of rotatable bonds is 8. The zero-order valence-corrected chi connectivity index (χ0v) is 15.3. The van der Waals surface area contributed by atoms with E-state index >= 15 is 0 Å². The Kier molecular flexibility index (Phi) is 5.97. The van der Waals surface area contributed by atoms with E-state index in [9.17, 15) is 8.42 Å². The first-order chi connectivity index (χ1) is 12.1. The van der Waals surface area contributed by atoms with Gasteiger partial charge in [0.2, 0.25) is 10.0 Å². The van der Waals surface area contributed by atoms with Crippen LogP contribution in [-0.2, 0) is 16.4 Å². The van der Waals surface area contributed by atoms with Crippen molar-refractivity contribution < 1.29 is 8.42 Å². The Labute approximate surface area is 150 Å². The molecule has 4 nitrogen and oxygen atoms in total. The van der Waals surface area contributed by atoms with E-state index in [1.54, 1.807) is 0 Å². The predicted octanol–water partition coefficient (Wildman–Crippen LogP) is 4.42. The predicted molar refractivity (Wildman–Crippen MR) is 104 cm³/mol. The minimum Gasteiger partial charge on any atom is -0.382 e. The fraction of sp³-hybridized carbons (Fsp3) is 0.400. The van der Waals surface area contributed by atoms with Crippen molar-refractivity contribution in [1.29, 1.82) is 0 Å². The van der Waals surface area contributed by atoms with Crippen LogP contribution in [-0.4, -0.2) is 20.2 Å². The monoisotopic (exact) mass is 358 g/mol. The molecule has 2 N–H and O–H groups in total. The molecule has 1 fully saturated rings. The second-order valence-corrected chi connectivity index (χ2v) is 8.56. The minimum atomic E-state index is -3.31. The lowest BCUT2D eigenvalue weighted by Crippen LogP contribution is -2.17. The molecule has 1 aliphatic carbocycles. The molecule has 0 spiro atoms. The van der Waals surface area contributed by atoms with Crippen LogP contribution in [0.15, 0.2) is 54.6 Å². The molecule has 0 radical (unpaired) electrons. The highest BCUT2D eigenvalue weighted by Gasteiger charge is 2.14. The third kappa shape index (κ3) is 5.78. The van der Waals surface area contributed by atoms with Gasteiger partial charge >= 0.3 is 0 Å². The molecule has 0 unspecified atom stereocenters. The number of nitrogens with one attached hydrogen (secondary N) is 2. The SMILES string of the molecule is O=S(=O)(CCCc1ccccc1)Nc1ccc(NC2CCCC2)cc1. The highest BCUT2D eigenvalue weighted by molar-refractivity contribution is 7.92. The standard InChI is InChI=1S/C20H26N2O2S/c23-25(24,16-6-9-17-7-2-1-3-8-17)22-20-14-12-19(13-15-20)21-18-10-4-5-11-18/h1-3,7-8,12-15,18,21-22H,4-6,9-11,16H2. The maximum atomic E-state index is 12.2. The molecule has 2 aromatic carbocycles. The Bertz CT molecular complexity index is 752. The van der Waals surface area contributed by atoms with Gasteiger partial charge < -0.3 is 5.32 Å². The summed E-state index contributed by atoms with van der Waals surface area (Å²) in [5.41, 5.74) is 2.84. The molecule has 0 bridgehead atoms. The molecule has 2 aromatic rings. The van der Waals surface area contributed by atoms with Gasteiger partial charge in [0.05, 0.1) is 5.75 Å². The van der Waals surface area contributed by atoms with Gasteiger partial charge in [0.1, 0.15) is 0 Å². The summed E-state index contributed by atoms with van der Waals surface area (Å²) >= 11 is 0. The van der Waals surface area contributed by atoms with Gasteiger partial charge in [0.25, 0.3) is 0 Å². The Morgan fingerprint density at radius 2 is 1.52 bits per heavy atom. The lowest BCUT2D eigenvalue weighted by Gasteiger charge is -2.14. The van der Waals surface area contributed by atoms with E-state index in [1.807, 2.05) is 54.6 Å². The van der Waals surface area contributed by atoms with Crippen molar-refractivity contribution in [1.82, 2.24) is 0 Å². The van der Waals surface area contributed by atoms with Gasteiger partial charge in [-0.25, -0.2) is 8.42 Å². The molecule has 0 aromatic heterocycles. The van der Waals surface area contributed by atoms with Crippen molar-refractivity contribution in [3.05, 3.63) is 60.2 Å². The van der Waals surface area contributed by atoms with Crippen LogP contribution >= 0.6 is 0 Å². The Balaban J connectivity index is 1.48. The summed E-state index contributed by atoms with van der Waals surface area (Å²) in [4.78, 5) is 0. The zero-order chi connectivity index (χ0) is 17.5. The summed E-state index contributed by atoms with van der Waals surface area (Å²) in [6.07, 6.45) is 6.40. The second kappa shape index (κ2) is 8.39. The molecule has 0 heterocycles. The molecule has 0 amide bonds. The van der Waals surface area contributed by atoms with E-state index in [-0.39, 0.29) is 5.75 Å². The number of anilines is 2. The van der Waals surface area contributed by atoms with Gasteiger partial charge in [-0.15, -0.1) is 0 Å². The molecule has 25 heavy (non-hydrogen) atoms. The summed E-state index contributed by atoms with van der Waals surface area (Å²) < 4.78 is 27.1. The van der Waals surface area contributed by atoms with Gasteiger partial charge in [-0.2, -0.15) is 0 Å². The highest BCUT2D eigenvalue weighted by atomic mass is 32.2. The van der Waals surface area contributed by atoms with Crippen molar-refractivity contribution in [2.45, 2.75) is 44.6 Å². The van der Waals surface area contributed by atoms with Crippen molar-refractivity contribution >= 4 is 21.4 Å². The molecule has 134 valence electrons. The number of sulfonamides is 1. The Morgan fingerprint density at radius 3 is 2.20 bits per heavy atom. The fourth-order valence-corrected chi connectivity index (χ4v) is 4.40. The van der Waals surface area contributed by atoms with Gasteiger partial charge in [-0.3, -0.25) is 4.72 Å². The zero-order valence-electron chi connectivity index (χ0n) is 14.4. The van der Waals surface area contributed by atoms with E-state index in [4.69, 9.17) is 0 Å². The molecule has 0 atom stereocenters. The third-order valence-electron chi connectivity index (χ3n) is 4.61. The minimum absolute atomic E-state index is 0.129. The van der Waals surface area contributed by atoms with E-state index in [0.29, 0.717) is 18.2 Å². The summed E-state index contributed by atoms with van der Waals surface area (Å²) in [5.74, 6) is 0.129. The molecule has 1 aliphatic rings. The highest BCUT2D eigenvalue weighted by Crippen LogP contribution is 2.23. The molecule has 1 saturated carbocycles. The Morgan fingerprint density at radius 1 is 0.880 bits per heavy atom. The van der Waals surface area contributed by atoms with E-state index < -0.39 is 10.0 Å². The quantitative estimate of drug-likeness (QED) is 0.734. The number of benzene rings is 2. The molecule has 5 heteroatoms. The third-order valence-corrected chi connectivity index (χ3v) is 5.98. The average Bonchev–Trinajstić information content (AvgIpc) is 3.10. The smallest absolute Gasteiger partial charge is 0.232 e. The van der Waals surface area contributed by atoms with Gasteiger partial charge in [-0.05, 0) is 55.5 Å². The van der Waals surface area contributed by atoms with Crippen LogP contribution in [0.3, 0.4) is 0 Å². The van der Waals surface area contributed by atoms with Crippen molar-refractivity contribution in [2.24, 2.45) is 0 Å². The fourth-order valence-electron chi connectivity index (χ4n) is 3.28. The first-order valence-electron chi connectivity index (χ1n) is 9.02. The lowest BCUT2D eigenvalue weighted by molar-refractivity contribution is 0.598. The van der Waals surface area contributed by atoms with Crippen LogP contribution in [0.2, 0.25) is 0 Å². The average molecular weight is 359 g/mol. The van der Waals surface area contributed by atoms with Gasteiger partial charge in [-0.1, -0.05) is 43.2 Å². The molecular formula is C20H26N2O2S. The molecule has 0 saturated heterocycles. The van der Waals surface area contributed by atoms with Crippen molar-refractivity contribution in [3.63, 3.8) is 0 Å². The summed E-state index contributed by atoms with van der Waals surface area (Å²) in [7, 11) is -3.31. The molecule has 3 rings (SSSR count). The number of aryl methyl sites for hydroxylation is 1. The first-order valence-corrected chi connectivity index (χ1v) is 10.7. The van der Waals surface area contributed by atoms with Gasteiger partial charge in [0, 0.05) is 17.4 Å². The van der Waals surface area contributed by atoms with Crippen LogP contribution < -0.4 is 10.0 Å². The topological polar surface area (TPSA) is 58.2 Å². The number of hydrogen-bond donors (Lipinski definition) is 2. The number of hydrogen-bond acceptors (Lipinski definition) is 3. The summed E-state index contributed by atoms with van der Waals surface area (Å²) in [6, 6.07) is 18.1. The first kappa shape index (κ1) is 17.8. The van der Waals surface area contributed by atoms with Crippen molar-refractivity contribution in [2.75, 3.05) is 15.8 Å². The lowest BCUT2D eigenvalue weighted by atomic mass is 10.1. The van der Waals surface area contributed by atoms with Crippen LogP contribution in [0.25, 0.3) is 0 Å². The van der Waals surface area contributed by atoms with E-state index in [2.05, 4.69) is 10.0 Å². The van der Waals surface area contributed by atoms with Crippen LogP contribution in [0.4, 0.5) is 11.4 Å². The molecular weight excluding hydrogens is 332 g/mol. The normalized spacial score (nSPS) is 15.2. The van der Waals surface area contributed by atoms with Crippen LogP contribution in [0.1, 0.15) is 37.7 Å². The van der Waals surface area contributed by atoms with E-state index in [0.717, 1.165) is 12.1 Å². The largest absolute Gasteiger partial charge is 0.382 e. The molecule has 0 aliphatic heterocycles. The maximum absolute atomic E-state index is 12.2. The van der Waals surface area contributed by atoms with Crippen LogP contribution in [0, 0.1) is 0 Å². The van der Waals surface area contributed by atoms with Gasteiger partial charge in [0.15, 0.2) is 0 Å². The summed E-state index contributed by atoms with van der Waals surface area (Å²) in [5, 5.41) is 3.51. The Hall–Kier alpha value is -2.01. The van der Waals surface area contributed by atoms with Crippen LogP contribution in [0.5, 0.6) is 0 Å². The maximum Gasteiger partial charge on any atom is 0.232 e. The second-order valence-electron chi connectivity index (χ2n) is 6.71. The van der Waals surface area contributed by atoms with E-state index in [1.165, 1.54) is 31.2 Å². The van der Waals surface area contributed by atoms with Crippen molar-refractivity contribution in [3.8, 4) is 0 Å². The summed E-state index contributed by atoms with van der Waals surface area (Å²) in [6.45, 7) is 0.